The van der Waals surface area contributed by atoms with Crippen molar-refractivity contribution in [1.29, 1.82) is 0 Å². The van der Waals surface area contributed by atoms with Gasteiger partial charge >= 0.3 is 0 Å². The summed E-state index contributed by atoms with van der Waals surface area (Å²) in [5.41, 5.74) is 3.39. The van der Waals surface area contributed by atoms with Crippen molar-refractivity contribution >= 4 is 17.0 Å². The molecule has 1 atom stereocenters. The number of nitrogens with one attached hydrogen (secondary N) is 1. The molecule has 0 saturated carbocycles. The molecule has 1 aliphatic heterocycles. The Morgan fingerprint density at radius 3 is 2.81 bits per heavy atom. The Kier molecular flexibility index (Phi) is 5.05. The van der Waals surface area contributed by atoms with Gasteiger partial charge in [-0.2, -0.15) is 0 Å². The normalized spacial score (nSPS) is 18.1. The van der Waals surface area contributed by atoms with Crippen LogP contribution in [-0.2, 0) is 6.61 Å². The van der Waals surface area contributed by atoms with Crippen LogP contribution in [0.15, 0.2) is 30.6 Å². The molecule has 7 nitrogen and oxygen atoms in total. The van der Waals surface area contributed by atoms with E-state index in [0.29, 0.717) is 11.6 Å². The Morgan fingerprint density at radius 2 is 2.07 bits per heavy atom. The topological polar surface area (TPSA) is 81.2 Å². The van der Waals surface area contributed by atoms with Gasteiger partial charge < -0.3 is 19.9 Å². The van der Waals surface area contributed by atoms with E-state index in [-0.39, 0.29) is 6.61 Å². The number of benzene rings is 1. The van der Waals surface area contributed by atoms with Gasteiger partial charge in [-0.25, -0.2) is 15.0 Å². The number of rotatable bonds is 5. The fourth-order valence-electron chi connectivity index (χ4n) is 3.91. The van der Waals surface area contributed by atoms with E-state index in [1.54, 1.807) is 6.33 Å². The molecule has 2 N–H and O–H groups in total. The number of aromatic nitrogens is 4. The van der Waals surface area contributed by atoms with Crippen LogP contribution in [0.3, 0.4) is 0 Å². The number of hydrogen-bond acceptors (Lipinski definition) is 6. The minimum atomic E-state index is 0.0389. The molecule has 2 aromatic heterocycles. The first kappa shape index (κ1) is 17.9. The molecule has 1 fully saturated rings. The van der Waals surface area contributed by atoms with Gasteiger partial charge in [-0.3, -0.25) is 0 Å². The van der Waals surface area contributed by atoms with E-state index in [1.807, 2.05) is 24.3 Å². The van der Waals surface area contributed by atoms with Crippen LogP contribution < -0.4 is 4.90 Å². The van der Waals surface area contributed by atoms with Crippen molar-refractivity contribution in [3.05, 3.63) is 36.2 Å². The summed E-state index contributed by atoms with van der Waals surface area (Å²) in [4.78, 5) is 21.5. The molecule has 3 heterocycles. The first-order valence-corrected chi connectivity index (χ1v) is 9.44. The SMILES string of the molecule is CN1CCCC(CN(C)c2ncnc3nc(-c4ccc(CO)cc4)[nH]c23)C1. The van der Waals surface area contributed by atoms with Crippen LogP contribution in [0.4, 0.5) is 5.82 Å². The van der Waals surface area contributed by atoms with Crippen LogP contribution in [0.5, 0.6) is 0 Å². The summed E-state index contributed by atoms with van der Waals surface area (Å²) in [6.45, 7) is 3.33. The fourth-order valence-corrected chi connectivity index (χ4v) is 3.91. The smallest absolute Gasteiger partial charge is 0.183 e. The predicted octanol–water partition coefficient (Wildman–Crippen LogP) is 2.29. The van der Waals surface area contributed by atoms with Gasteiger partial charge in [0, 0.05) is 25.7 Å². The summed E-state index contributed by atoms with van der Waals surface area (Å²) in [6.07, 6.45) is 4.10. The Bertz CT molecular complexity index is 906. The van der Waals surface area contributed by atoms with Crippen molar-refractivity contribution in [3.8, 4) is 11.4 Å². The molecule has 7 heteroatoms. The number of imidazole rings is 1. The zero-order valence-electron chi connectivity index (χ0n) is 15.9. The summed E-state index contributed by atoms with van der Waals surface area (Å²) in [7, 11) is 4.28. The minimum Gasteiger partial charge on any atom is -0.392 e. The number of nitrogens with zero attached hydrogens (tertiary/aromatic N) is 5. The zero-order valence-corrected chi connectivity index (χ0v) is 15.9. The largest absolute Gasteiger partial charge is 0.392 e. The number of hydrogen-bond donors (Lipinski definition) is 2. The van der Waals surface area contributed by atoms with Gasteiger partial charge in [0.1, 0.15) is 17.7 Å². The summed E-state index contributed by atoms with van der Waals surface area (Å²) in [5.74, 6) is 2.30. The van der Waals surface area contributed by atoms with Gasteiger partial charge in [0.2, 0.25) is 0 Å². The summed E-state index contributed by atoms with van der Waals surface area (Å²) >= 11 is 0. The predicted molar refractivity (Wildman–Crippen MR) is 107 cm³/mol. The van der Waals surface area contributed by atoms with Gasteiger partial charge in [0.05, 0.1) is 6.61 Å². The van der Waals surface area contributed by atoms with E-state index in [0.717, 1.165) is 41.4 Å². The molecule has 27 heavy (non-hydrogen) atoms. The van der Waals surface area contributed by atoms with Gasteiger partial charge in [-0.05, 0) is 37.9 Å². The standard InChI is InChI=1S/C20H26N6O/c1-25-9-3-4-15(10-25)11-26(2)20-17-19(21-13-22-20)24-18(23-17)16-7-5-14(12-27)6-8-16/h5-8,13,15,27H,3-4,9-12H2,1-2H3,(H,21,22,23,24). The monoisotopic (exact) mass is 366 g/mol. The van der Waals surface area contributed by atoms with Crippen molar-refractivity contribution < 1.29 is 5.11 Å². The number of aliphatic hydroxyl groups is 1. The number of fused-ring (bicyclic) bond motifs is 1. The maximum Gasteiger partial charge on any atom is 0.183 e. The van der Waals surface area contributed by atoms with Crippen LogP contribution in [0.25, 0.3) is 22.6 Å². The molecule has 3 aromatic rings. The van der Waals surface area contributed by atoms with Crippen LogP contribution in [0, 0.1) is 5.92 Å². The van der Waals surface area contributed by atoms with Crippen molar-refractivity contribution in [1.82, 2.24) is 24.8 Å². The van der Waals surface area contributed by atoms with Crippen molar-refractivity contribution in [2.24, 2.45) is 5.92 Å². The van der Waals surface area contributed by atoms with Gasteiger partial charge in [-0.15, -0.1) is 0 Å². The lowest BCUT2D eigenvalue weighted by atomic mass is 9.98. The molecule has 4 rings (SSSR count). The van der Waals surface area contributed by atoms with Gasteiger partial charge in [0.15, 0.2) is 11.5 Å². The molecule has 142 valence electrons. The number of aromatic amines is 1. The second-order valence-corrected chi connectivity index (χ2v) is 7.49. The maximum atomic E-state index is 9.21. The Hall–Kier alpha value is -2.51. The third kappa shape index (κ3) is 3.79. The Morgan fingerprint density at radius 1 is 1.26 bits per heavy atom. The quantitative estimate of drug-likeness (QED) is 0.721. The van der Waals surface area contributed by atoms with Crippen LogP contribution in [0.2, 0.25) is 0 Å². The number of piperidine rings is 1. The van der Waals surface area contributed by atoms with Crippen LogP contribution in [0.1, 0.15) is 18.4 Å². The zero-order chi connectivity index (χ0) is 18.8. The summed E-state index contributed by atoms with van der Waals surface area (Å²) in [5, 5.41) is 9.21. The van der Waals surface area contributed by atoms with Crippen LogP contribution >= 0.6 is 0 Å². The Labute approximate surface area is 159 Å². The molecule has 0 amide bonds. The van der Waals surface area contributed by atoms with Crippen molar-refractivity contribution in [3.63, 3.8) is 0 Å². The summed E-state index contributed by atoms with van der Waals surface area (Å²) in [6, 6.07) is 7.72. The van der Waals surface area contributed by atoms with E-state index in [2.05, 4.69) is 43.8 Å². The highest BCUT2D eigenvalue weighted by Gasteiger charge is 2.21. The molecule has 1 aromatic carbocycles. The first-order valence-electron chi connectivity index (χ1n) is 9.44. The molecule has 0 spiro atoms. The van der Waals surface area contributed by atoms with Crippen molar-refractivity contribution in [2.45, 2.75) is 19.4 Å². The average Bonchev–Trinajstić information content (AvgIpc) is 3.12. The lowest BCUT2D eigenvalue weighted by Crippen LogP contribution is -2.38. The third-order valence-electron chi connectivity index (χ3n) is 5.29. The highest BCUT2D eigenvalue weighted by Crippen LogP contribution is 2.26. The van der Waals surface area contributed by atoms with E-state index in [9.17, 15) is 5.11 Å². The second kappa shape index (κ2) is 7.62. The van der Waals surface area contributed by atoms with Gasteiger partial charge in [0.25, 0.3) is 0 Å². The molecular weight excluding hydrogens is 340 g/mol. The minimum absolute atomic E-state index is 0.0389. The molecule has 1 aliphatic rings. The molecule has 1 saturated heterocycles. The van der Waals surface area contributed by atoms with Crippen molar-refractivity contribution in [2.75, 3.05) is 38.6 Å². The number of anilines is 1. The number of aliphatic hydroxyl groups excluding tert-OH is 1. The van der Waals surface area contributed by atoms with E-state index in [4.69, 9.17) is 0 Å². The Balaban J connectivity index is 1.60. The third-order valence-corrected chi connectivity index (χ3v) is 5.29. The molecule has 0 aliphatic carbocycles. The highest BCUT2D eigenvalue weighted by molar-refractivity contribution is 5.85. The molecule has 0 bridgehead atoms. The summed E-state index contributed by atoms with van der Waals surface area (Å²) < 4.78 is 0. The van der Waals surface area contributed by atoms with Gasteiger partial charge in [-0.1, -0.05) is 24.3 Å². The molecule has 0 radical (unpaired) electrons. The van der Waals surface area contributed by atoms with Crippen LogP contribution in [-0.4, -0.2) is 63.7 Å². The number of H-pyrrole nitrogens is 1. The lowest BCUT2D eigenvalue weighted by Gasteiger charge is -2.32. The first-order chi connectivity index (χ1) is 13.1. The number of likely N-dealkylation sites (tertiary alicyclic amines) is 1. The second-order valence-electron chi connectivity index (χ2n) is 7.49. The fraction of sp³-hybridized carbons (Fsp3) is 0.450. The van der Waals surface area contributed by atoms with E-state index < -0.39 is 0 Å². The maximum absolute atomic E-state index is 9.21. The molecular formula is C20H26N6O. The highest BCUT2D eigenvalue weighted by atomic mass is 16.3. The lowest BCUT2D eigenvalue weighted by molar-refractivity contribution is 0.213. The van der Waals surface area contributed by atoms with E-state index >= 15 is 0 Å². The van der Waals surface area contributed by atoms with E-state index in [1.165, 1.54) is 19.4 Å². The molecule has 1 unspecified atom stereocenters. The average molecular weight is 366 g/mol.